The Balaban J connectivity index is 1.34. The second-order valence-corrected chi connectivity index (χ2v) is 10.9. The van der Waals surface area contributed by atoms with Gasteiger partial charge in [-0.15, -0.1) is 0 Å². The number of piperidine rings is 1. The van der Waals surface area contributed by atoms with Crippen LogP contribution >= 0.6 is 0 Å². The number of aromatic nitrogens is 4. The molecule has 2 aliphatic heterocycles. The Labute approximate surface area is 242 Å². The summed E-state index contributed by atoms with van der Waals surface area (Å²) in [6.07, 6.45) is 9.14. The van der Waals surface area contributed by atoms with Gasteiger partial charge in [0.1, 0.15) is 23.8 Å². The number of hydrogen-bond acceptors (Lipinski definition) is 7. The van der Waals surface area contributed by atoms with E-state index >= 15 is 0 Å². The number of nitrogens with zero attached hydrogens (tertiary/aromatic N) is 6. The zero-order valence-electron chi connectivity index (χ0n) is 23.3. The molecule has 0 spiro atoms. The molecule has 1 aromatic carbocycles. The van der Waals surface area contributed by atoms with Gasteiger partial charge in [0.25, 0.3) is 0 Å². The number of carbonyl (C=O) groups excluding carboxylic acids is 1. The van der Waals surface area contributed by atoms with Crippen LogP contribution in [0.5, 0.6) is 0 Å². The molecule has 42 heavy (non-hydrogen) atoms. The maximum Gasteiger partial charge on any atom is 0.165 e. The van der Waals surface area contributed by atoms with E-state index in [2.05, 4.69) is 26.6 Å². The molecule has 2 bridgehead atoms. The van der Waals surface area contributed by atoms with Gasteiger partial charge in [-0.1, -0.05) is 31.7 Å². The summed E-state index contributed by atoms with van der Waals surface area (Å²) in [5, 5.41) is 11.7. The van der Waals surface area contributed by atoms with E-state index in [4.69, 9.17) is 21.9 Å². The standard InChI is InChI=1S/C31H32FN9O/c1-3-18-4-5-19(12-26(18)32)27-9-6-20(13-36-27)24-14-38-41-30(35)25(15-42)28(39-31(24)41)21-10-22-7-8-23(11-21)40(22)17(2)29(34)37-16-33/h4-6,9,12-16,21-23H,2-3,7-8,10-11,35H2,1H3,(H3,33,34,37). The zero-order chi connectivity index (χ0) is 29.5. The molecule has 214 valence electrons. The molecular weight excluding hydrogens is 533 g/mol. The second-order valence-electron chi connectivity index (χ2n) is 10.9. The Bertz CT molecular complexity index is 1730. The Kier molecular flexibility index (Phi) is 7.01. The summed E-state index contributed by atoms with van der Waals surface area (Å²) in [6, 6.07) is 9.24. The number of anilines is 1. The number of aliphatic imine (C=N–C) groups is 1. The predicted molar refractivity (Wildman–Crippen MR) is 161 cm³/mol. The molecule has 2 saturated heterocycles. The Morgan fingerprint density at radius 1 is 1.19 bits per heavy atom. The molecule has 2 atom stereocenters. The second kappa shape index (κ2) is 10.8. The fourth-order valence-electron chi connectivity index (χ4n) is 6.52. The van der Waals surface area contributed by atoms with Crippen molar-refractivity contribution in [3.63, 3.8) is 0 Å². The third-order valence-electron chi connectivity index (χ3n) is 8.60. The summed E-state index contributed by atoms with van der Waals surface area (Å²) in [7, 11) is 0. The van der Waals surface area contributed by atoms with Gasteiger partial charge in [0.15, 0.2) is 11.9 Å². The Hall–Kier alpha value is -4.93. The van der Waals surface area contributed by atoms with E-state index in [1.54, 1.807) is 18.5 Å². The average molecular weight is 566 g/mol. The van der Waals surface area contributed by atoms with Crippen molar-refractivity contribution in [2.75, 3.05) is 5.73 Å². The number of fused-ring (bicyclic) bond motifs is 3. The quantitative estimate of drug-likeness (QED) is 0.158. The van der Waals surface area contributed by atoms with Gasteiger partial charge < -0.3 is 16.4 Å². The number of aryl methyl sites for hydroxylation is 1. The normalized spacial score (nSPS) is 20.2. The van der Waals surface area contributed by atoms with Crippen LogP contribution in [0.15, 0.2) is 60.0 Å². The van der Waals surface area contributed by atoms with E-state index in [1.807, 2.05) is 25.1 Å². The smallest absolute Gasteiger partial charge is 0.165 e. The van der Waals surface area contributed by atoms with Gasteiger partial charge in [0, 0.05) is 40.9 Å². The summed E-state index contributed by atoms with van der Waals surface area (Å²) < 4.78 is 15.9. The summed E-state index contributed by atoms with van der Waals surface area (Å²) >= 11 is 0. The molecule has 6 rings (SSSR count). The number of nitrogens with one attached hydrogen (secondary N) is 1. The van der Waals surface area contributed by atoms with Crippen LogP contribution in [0.4, 0.5) is 10.2 Å². The SMILES string of the molecule is C=C(C(N)=NC=N)N1C2CCC1CC(c1nc3c(-c4ccc(-c5ccc(CC)c(F)c5)nc4)cnn3c(N)c1C=O)C2. The molecular formula is C31H32FN9O. The number of aldehydes is 1. The maximum atomic E-state index is 14.4. The van der Waals surface area contributed by atoms with E-state index in [-0.39, 0.29) is 35.5 Å². The highest BCUT2D eigenvalue weighted by Crippen LogP contribution is 2.45. The fraction of sp³-hybridized carbons (Fsp3) is 0.290. The molecule has 0 radical (unpaired) electrons. The van der Waals surface area contributed by atoms with Crippen molar-refractivity contribution in [2.24, 2.45) is 10.7 Å². The third kappa shape index (κ3) is 4.50. The van der Waals surface area contributed by atoms with Gasteiger partial charge in [-0.05, 0) is 49.8 Å². The van der Waals surface area contributed by atoms with Crippen molar-refractivity contribution in [3.05, 3.63) is 77.6 Å². The van der Waals surface area contributed by atoms with Crippen LogP contribution in [0.1, 0.15) is 60.1 Å². The maximum absolute atomic E-state index is 14.4. The topological polar surface area (TPSA) is 152 Å². The number of halogens is 1. The Morgan fingerprint density at radius 3 is 2.55 bits per heavy atom. The molecule has 10 nitrogen and oxygen atoms in total. The lowest BCUT2D eigenvalue weighted by molar-refractivity contribution is 0.111. The van der Waals surface area contributed by atoms with Gasteiger partial charge in [-0.3, -0.25) is 15.2 Å². The number of pyridine rings is 1. The van der Waals surface area contributed by atoms with Crippen molar-refractivity contribution in [2.45, 2.75) is 57.0 Å². The molecule has 2 aliphatic rings. The van der Waals surface area contributed by atoms with Crippen LogP contribution in [-0.4, -0.2) is 55.0 Å². The lowest BCUT2D eigenvalue weighted by Crippen LogP contribution is -2.44. The van der Waals surface area contributed by atoms with E-state index in [0.29, 0.717) is 45.8 Å². The summed E-state index contributed by atoms with van der Waals surface area (Å²) in [5.74, 6) is 0.246. The number of hydrogen-bond donors (Lipinski definition) is 3. The fourth-order valence-corrected chi connectivity index (χ4v) is 6.52. The van der Waals surface area contributed by atoms with E-state index in [9.17, 15) is 9.18 Å². The van der Waals surface area contributed by atoms with Crippen molar-refractivity contribution in [1.29, 1.82) is 5.41 Å². The molecule has 5 heterocycles. The van der Waals surface area contributed by atoms with Gasteiger partial charge in [-0.2, -0.15) is 9.61 Å². The third-order valence-corrected chi connectivity index (χ3v) is 8.60. The lowest BCUT2D eigenvalue weighted by atomic mass is 9.85. The van der Waals surface area contributed by atoms with Crippen molar-refractivity contribution < 1.29 is 9.18 Å². The summed E-state index contributed by atoms with van der Waals surface area (Å²) in [5.41, 5.74) is 18.3. The zero-order valence-corrected chi connectivity index (χ0v) is 23.3. The van der Waals surface area contributed by atoms with E-state index in [0.717, 1.165) is 49.4 Å². The number of benzene rings is 1. The number of carbonyl (C=O) groups is 1. The minimum Gasteiger partial charge on any atom is -0.383 e. The van der Waals surface area contributed by atoms with Crippen LogP contribution in [-0.2, 0) is 6.42 Å². The van der Waals surface area contributed by atoms with E-state index in [1.165, 1.54) is 10.6 Å². The molecule has 2 fully saturated rings. The molecule has 3 aromatic heterocycles. The van der Waals surface area contributed by atoms with Crippen LogP contribution in [0.2, 0.25) is 0 Å². The summed E-state index contributed by atoms with van der Waals surface area (Å²) in [4.78, 5) is 28.0. The first kappa shape index (κ1) is 27.3. The number of nitrogens with two attached hydrogens (primary N) is 2. The first-order chi connectivity index (χ1) is 20.3. The molecule has 11 heteroatoms. The first-order valence-corrected chi connectivity index (χ1v) is 14.0. The number of amidine groups is 1. The van der Waals surface area contributed by atoms with Crippen LogP contribution in [0.3, 0.4) is 0 Å². The van der Waals surface area contributed by atoms with Gasteiger partial charge >= 0.3 is 0 Å². The largest absolute Gasteiger partial charge is 0.383 e. The molecule has 0 aliphatic carbocycles. The van der Waals surface area contributed by atoms with Crippen LogP contribution in [0, 0.1) is 11.2 Å². The molecule has 0 amide bonds. The minimum atomic E-state index is -0.242. The lowest BCUT2D eigenvalue weighted by Gasteiger charge is -2.41. The number of nitrogen functional groups attached to an aromatic ring is 1. The van der Waals surface area contributed by atoms with Crippen molar-refractivity contribution in [1.82, 2.24) is 24.5 Å². The average Bonchev–Trinajstić information content (AvgIpc) is 3.54. The van der Waals surface area contributed by atoms with Crippen LogP contribution in [0.25, 0.3) is 28.0 Å². The summed E-state index contributed by atoms with van der Waals surface area (Å²) in [6.45, 7) is 6.06. The van der Waals surface area contributed by atoms with Crippen molar-refractivity contribution in [3.8, 4) is 22.4 Å². The highest BCUT2D eigenvalue weighted by molar-refractivity contribution is 5.99. The van der Waals surface area contributed by atoms with E-state index < -0.39 is 0 Å². The molecule has 0 saturated carbocycles. The van der Waals surface area contributed by atoms with Gasteiger partial charge in [0.05, 0.1) is 28.8 Å². The minimum absolute atomic E-state index is 0.00388. The number of rotatable bonds is 8. The first-order valence-electron chi connectivity index (χ1n) is 14.0. The molecule has 4 aromatic rings. The highest BCUT2D eigenvalue weighted by Gasteiger charge is 2.43. The Morgan fingerprint density at radius 2 is 1.93 bits per heavy atom. The van der Waals surface area contributed by atoms with Crippen molar-refractivity contribution >= 4 is 29.9 Å². The monoisotopic (exact) mass is 565 g/mol. The predicted octanol–water partition coefficient (Wildman–Crippen LogP) is 4.74. The molecule has 2 unspecified atom stereocenters. The van der Waals surface area contributed by atoms with Gasteiger partial charge in [-0.25, -0.2) is 14.4 Å². The van der Waals surface area contributed by atoms with Crippen LogP contribution < -0.4 is 11.5 Å². The van der Waals surface area contributed by atoms with Gasteiger partial charge in [0.2, 0.25) is 0 Å². The molecule has 5 N–H and O–H groups in total. The highest BCUT2D eigenvalue weighted by atomic mass is 19.1.